The first kappa shape index (κ1) is 40.2. The highest BCUT2D eigenvalue weighted by molar-refractivity contribution is 5.37. The summed E-state index contributed by atoms with van der Waals surface area (Å²) in [5, 5.41) is 0. The van der Waals surface area contributed by atoms with E-state index in [1.54, 1.807) is 0 Å². The SMILES string of the molecule is FC(F)(F)[C@@H]1O[C@H]2c3ccccc3C[C@@H]1[C@H](c1ccccc1)N2Cc1ccccc1.FC(F)(F)[C@H]1O[C@@H]2c3ccccc3C[C@H]1[C@@H](c1ccccc1)N2Cc1ccccc1. The first-order valence-corrected chi connectivity index (χ1v) is 20.3. The van der Waals surface area contributed by atoms with Crippen molar-refractivity contribution in [1.82, 2.24) is 9.80 Å². The Kier molecular flexibility index (Phi) is 11.1. The first-order chi connectivity index (χ1) is 29.0. The maximum absolute atomic E-state index is 14.1. The summed E-state index contributed by atoms with van der Waals surface area (Å²) >= 11 is 0. The van der Waals surface area contributed by atoms with Crippen molar-refractivity contribution in [3.8, 4) is 0 Å². The zero-order chi connectivity index (χ0) is 41.4. The van der Waals surface area contributed by atoms with E-state index in [0.29, 0.717) is 25.9 Å². The van der Waals surface area contributed by atoms with Crippen molar-refractivity contribution in [3.63, 3.8) is 0 Å². The van der Waals surface area contributed by atoms with Gasteiger partial charge < -0.3 is 9.47 Å². The maximum atomic E-state index is 14.1. The van der Waals surface area contributed by atoms with Crippen LogP contribution in [0.4, 0.5) is 26.3 Å². The van der Waals surface area contributed by atoms with E-state index in [1.165, 1.54) is 0 Å². The topological polar surface area (TPSA) is 24.9 Å². The Morgan fingerprint density at radius 1 is 0.417 bits per heavy atom. The van der Waals surface area contributed by atoms with Crippen molar-refractivity contribution < 1.29 is 35.8 Å². The summed E-state index contributed by atoms with van der Waals surface area (Å²) in [6, 6.07) is 53.3. The second-order valence-corrected chi connectivity index (χ2v) is 16.1. The molecule has 0 aromatic heterocycles. The normalized spacial score (nSPS) is 26.2. The quantitative estimate of drug-likeness (QED) is 0.156. The van der Waals surface area contributed by atoms with Gasteiger partial charge in [-0.25, -0.2) is 0 Å². The first-order valence-electron chi connectivity index (χ1n) is 20.3. The molecule has 6 aliphatic rings. The van der Waals surface area contributed by atoms with Crippen molar-refractivity contribution in [2.24, 2.45) is 11.8 Å². The molecular weight excluding hydrogens is 775 g/mol. The van der Waals surface area contributed by atoms with Crippen LogP contribution in [-0.2, 0) is 35.4 Å². The minimum absolute atomic E-state index is 0.335. The van der Waals surface area contributed by atoms with E-state index >= 15 is 0 Å². The predicted octanol–water partition coefficient (Wildman–Crippen LogP) is 12.1. The van der Waals surface area contributed by atoms with Gasteiger partial charge in [-0.2, -0.15) is 26.3 Å². The summed E-state index contributed by atoms with van der Waals surface area (Å²) in [5.74, 6) is -1.45. The molecule has 0 spiro atoms. The number of hydrogen-bond donors (Lipinski definition) is 0. The van der Waals surface area contributed by atoms with Gasteiger partial charge in [-0.3, -0.25) is 9.80 Å². The van der Waals surface area contributed by atoms with Gasteiger partial charge in [0.15, 0.2) is 12.2 Å². The van der Waals surface area contributed by atoms with Crippen molar-refractivity contribution in [2.45, 2.75) is 75.0 Å². The van der Waals surface area contributed by atoms with Crippen LogP contribution in [0.1, 0.15) is 69.0 Å². The second kappa shape index (κ2) is 16.7. The van der Waals surface area contributed by atoms with Crippen molar-refractivity contribution in [2.75, 3.05) is 0 Å². The molecule has 2 fully saturated rings. The fourth-order valence-electron chi connectivity index (χ4n) is 9.89. The molecule has 6 aliphatic heterocycles. The van der Waals surface area contributed by atoms with Crippen LogP contribution in [0.3, 0.4) is 0 Å². The monoisotopic (exact) mass is 818 g/mol. The summed E-state index contributed by atoms with van der Waals surface area (Å²) in [6.07, 6.45) is -13.3. The predicted molar refractivity (Wildman–Crippen MR) is 217 cm³/mol. The lowest BCUT2D eigenvalue weighted by molar-refractivity contribution is -0.303. The molecule has 0 aliphatic carbocycles. The number of nitrogens with zero attached hydrogens (tertiary/aromatic N) is 2. The summed E-state index contributed by atoms with van der Waals surface area (Å²) in [4.78, 5) is 4.20. The molecule has 8 atom stereocenters. The van der Waals surface area contributed by atoms with Gasteiger partial charge in [-0.1, -0.05) is 170 Å². The lowest BCUT2D eigenvalue weighted by Crippen LogP contribution is -2.52. The standard InChI is InChI=1S/2C25H22F3NO/c2*26-25(27,28)23-21-15-19-13-7-8-14-20(19)24(30-23)29(16-17-9-3-1-4-10-17)22(21)18-11-5-2-6-12-18/h2*1-14,21-24H,15-16H2/t2*21-,22+,23-,24+/m10/s1. The molecule has 6 aromatic carbocycles. The van der Waals surface area contributed by atoms with Crippen LogP contribution in [0.25, 0.3) is 0 Å². The van der Waals surface area contributed by atoms with E-state index in [2.05, 4.69) is 9.80 Å². The van der Waals surface area contributed by atoms with E-state index in [9.17, 15) is 26.3 Å². The Hall–Kier alpha value is -5.26. The van der Waals surface area contributed by atoms with Crippen molar-refractivity contribution in [1.29, 1.82) is 0 Å². The van der Waals surface area contributed by atoms with Gasteiger partial charge in [0.2, 0.25) is 0 Å². The van der Waals surface area contributed by atoms with E-state index in [4.69, 9.17) is 9.47 Å². The van der Waals surface area contributed by atoms with Gasteiger partial charge in [0, 0.05) is 37.0 Å². The molecule has 4 bridgehead atoms. The van der Waals surface area contributed by atoms with E-state index in [-0.39, 0.29) is 0 Å². The molecule has 4 nitrogen and oxygen atoms in total. The second-order valence-electron chi connectivity index (χ2n) is 16.1. The van der Waals surface area contributed by atoms with Gasteiger partial charge in [-0.05, 0) is 57.3 Å². The van der Waals surface area contributed by atoms with E-state index in [1.807, 2.05) is 170 Å². The molecule has 6 heterocycles. The molecule has 10 heteroatoms. The van der Waals surface area contributed by atoms with Crippen LogP contribution >= 0.6 is 0 Å². The summed E-state index contributed by atoms with van der Waals surface area (Å²) in [7, 11) is 0. The lowest BCUT2D eigenvalue weighted by atomic mass is 9.82. The highest BCUT2D eigenvalue weighted by atomic mass is 19.4. The zero-order valence-corrected chi connectivity index (χ0v) is 32.6. The molecule has 0 radical (unpaired) electrons. The van der Waals surface area contributed by atoms with Crippen LogP contribution in [-0.4, -0.2) is 34.4 Å². The van der Waals surface area contributed by atoms with Crippen LogP contribution < -0.4 is 0 Å². The number of benzene rings is 6. The minimum Gasteiger partial charge on any atom is -0.346 e. The van der Waals surface area contributed by atoms with Crippen LogP contribution in [0, 0.1) is 11.8 Å². The largest absolute Gasteiger partial charge is 0.415 e. The molecule has 12 rings (SSSR count). The molecule has 308 valence electrons. The number of halogens is 6. The fourth-order valence-corrected chi connectivity index (χ4v) is 9.89. The number of ether oxygens (including phenoxy) is 2. The van der Waals surface area contributed by atoms with Crippen LogP contribution in [0.5, 0.6) is 0 Å². The average molecular weight is 819 g/mol. The Labute approximate surface area is 346 Å². The third-order valence-electron chi connectivity index (χ3n) is 12.4. The minimum atomic E-state index is -4.42. The van der Waals surface area contributed by atoms with Gasteiger partial charge in [-0.15, -0.1) is 0 Å². The Balaban J connectivity index is 0.000000154. The molecule has 0 N–H and O–H groups in total. The van der Waals surface area contributed by atoms with E-state index < -0.39 is 60.9 Å². The molecule has 0 amide bonds. The summed E-state index contributed by atoms with van der Waals surface area (Å²) < 4.78 is 96.3. The lowest BCUT2D eigenvalue weighted by Gasteiger charge is -2.48. The maximum Gasteiger partial charge on any atom is 0.415 e. The third-order valence-corrected chi connectivity index (χ3v) is 12.4. The van der Waals surface area contributed by atoms with E-state index in [0.717, 1.165) is 44.5 Å². The third kappa shape index (κ3) is 8.01. The Morgan fingerprint density at radius 3 is 1.08 bits per heavy atom. The van der Waals surface area contributed by atoms with Gasteiger partial charge in [0.1, 0.15) is 12.5 Å². The fraction of sp³-hybridized carbons (Fsp3) is 0.280. The molecule has 2 saturated heterocycles. The summed E-state index contributed by atoms with van der Waals surface area (Å²) in [6.45, 7) is 1.03. The highest BCUT2D eigenvalue weighted by Gasteiger charge is 2.59. The van der Waals surface area contributed by atoms with Gasteiger partial charge in [0.05, 0.1) is 0 Å². The Bertz CT molecular complexity index is 2180. The van der Waals surface area contributed by atoms with Crippen molar-refractivity contribution >= 4 is 0 Å². The molecule has 0 unspecified atom stereocenters. The highest BCUT2D eigenvalue weighted by Crippen LogP contribution is 2.55. The average Bonchev–Trinajstić information content (AvgIpc) is 3.65. The smallest absolute Gasteiger partial charge is 0.346 e. The molecule has 60 heavy (non-hydrogen) atoms. The number of fused-ring (bicyclic) bond motifs is 4. The van der Waals surface area contributed by atoms with Crippen LogP contribution in [0.15, 0.2) is 170 Å². The molecular formula is C50H44F6N2O2. The zero-order valence-electron chi connectivity index (χ0n) is 32.6. The van der Waals surface area contributed by atoms with Gasteiger partial charge >= 0.3 is 12.4 Å². The number of hydrogen-bond acceptors (Lipinski definition) is 4. The number of rotatable bonds is 6. The summed E-state index contributed by atoms with van der Waals surface area (Å²) in [5.41, 5.74) is 7.45. The van der Waals surface area contributed by atoms with Crippen molar-refractivity contribution in [3.05, 3.63) is 214 Å². The molecule has 0 saturated carbocycles. The van der Waals surface area contributed by atoms with Gasteiger partial charge in [0.25, 0.3) is 0 Å². The molecule has 6 aromatic rings. The number of alkyl halides is 6. The Morgan fingerprint density at radius 2 is 0.733 bits per heavy atom. The van der Waals surface area contributed by atoms with Crippen LogP contribution in [0.2, 0.25) is 0 Å².